The van der Waals surface area contributed by atoms with Gasteiger partial charge in [-0.2, -0.15) is 5.26 Å². The van der Waals surface area contributed by atoms with Crippen LogP contribution in [0.5, 0.6) is 11.5 Å². The molecule has 0 unspecified atom stereocenters. The molecule has 2 aromatic rings. The Morgan fingerprint density at radius 1 is 1.39 bits per heavy atom. The molecule has 0 aliphatic carbocycles. The molecule has 0 spiro atoms. The van der Waals surface area contributed by atoms with Crippen LogP contribution >= 0.6 is 0 Å². The summed E-state index contributed by atoms with van der Waals surface area (Å²) in [6.07, 6.45) is 3.42. The fourth-order valence-corrected chi connectivity index (χ4v) is 2.25. The molecule has 6 heteroatoms. The summed E-state index contributed by atoms with van der Waals surface area (Å²) in [5.41, 5.74) is 1.73. The van der Waals surface area contributed by atoms with Gasteiger partial charge in [-0.15, -0.1) is 0 Å². The molecule has 23 heavy (non-hydrogen) atoms. The smallest absolute Gasteiger partial charge is 0.262 e. The van der Waals surface area contributed by atoms with E-state index in [2.05, 4.69) is 5.32 Å². The van der Waals surface area contributed by atoms with Crippen molar-refractivity contribution in [3.05, 3.63) is 53.4 Å². The predicted octanol–water partition coefficient (Wildman–Crippen LogP) is 1.98. The fourth-order valence-electron chi connectivity index (χ4n) is 2.25. The van der Waals surface area contributed by atoms with E-state index >= 15 is 0 Å². The summed E-state index contributed by atoms with van der Waals surface area (Å²) >= 11 is 0. The average Bonchev–Trinajstić information content (AvgIpc) is 3.18. The van der Waals surface area contributed by atoms with E-state index in [4.69, 9.17) is 9.47 Å². The van der Waals surface area contributed by atoms with Gasteiger partial charge in [-0.1, -0.05) is 6.07 Å². The van der Waals surface area contributed by atoms with Crippen LogP contribution in [0.1, 0.15) is 11.3 Å². The first-order chi connectivity index (χ1) is 11.2. The van der Waals surface area contributed by atoms with Crippen LogP contribution in [-0.2, 0) is 18.4 Å². The molecular formula is C17H15N3O3. The van der Waals surface area contributed by atoms with Gasteiger partial charge in [-0.05, 0) is 35.9 Å². The van der Waals surface area contributed by atoms with Crippen LogP contribution in [0.4, 0.5) is 0 Å². The molecule has 1 amide bonds. The topological polar surface area (TPSA) is 76.3 Å². The quantitative estimate of drug-likeness (QED) is 0.692. The number of carbonyl (C=O) groups is 1. The van der Waals surface area contributed by atoms with Crippen molar-refractivity contribution in [2.24, 2.45) is 7.05 Å². The summed E-state index contributed by atoms with van der Waals surface area (Å²) in [5, 5.41) is 11.9. The van der Waals surface area contributed by atoms with Crippen molar-refractivity contribution in [2.75, 3.05) is 6.79 Å². The maximum Gasteiger partial charge on any atom is 0.262 e. The summed E-state index contributed by atoms with van der Waals surface area (Å²) in [4.78, 5) is 12.2. The average molecular weight is 309 g/mol. The maximum atomic E-state index is 12.2. The summed E-state index contributed by atoms with van der Waals surface area (Å²) in [7, 11) is 1.85. The second-order valence-corrected chi connectivity index (χ2v) is 5.08. The zero-order valence-corrected chi connectivity index (χ0v) is 12.6. The lowest BCUT2D eigenvalue weighted by atomic mass is 10.2. The number of nitrogens with one attached hydrogen (secondary N) is 1. The molecule has 3 rings (SSSR count). The third-order valence-corrected chi connectivity index (χ3v) is 3.53. The molecule has 1 aliphatic heterocycles. The van der Waals surface area contributed by atoms with E-state index in [1.807, 2.05) is 48.1 Å². The highest BCUT2D eigenvalue weighted by Gasteiger charge is 2.14. The normalized spacial score (nSPS) is 12.8. The van der Waals surface area contributed by atoms with Crippen molar-refractivity contribution < 1.29 is 14.3 Å². The lowest BCUT2D eigenvalue weighted by Gasteiger charge is -2.06. The van der Waals surface area contributed by atoms with Gasteiger partial charge in [0, 0.05) is 25.5 Å². The number of benzene rings is 1. The summed E-state index contributed by atoms with van der Waals surface area (Å²) in [5.74, 6) is 0.948. The Morgan fingerprint density at radius 2 is 2.22 bits per heavy atom. The number of amides is 1. The highest BCUT2D eigenvalue weighted by atomic mass is 16.7. The minimum atomic E-state index is -0.411. The number of nitriles is 1. The zero-order valence-electron chi connectivity index (χ0n) is 12.6. The van der Waals surface area contributed by atoms with E-state index in [-0.39, 0.29) is 12.4 Å². The second-order valence-electron chi connectivity index (χ2n) is 5.08. The van der Waals surface area contributed by atoms with Crippen LogP contribution in [-0.4, -0.2) is 17.3 Å². The van der Waals surface area contributed by atoms with E-state index in [0.29, 0.717) is 18.0 Å². The highest BCUT2D eigenvalue weighted by Crippen LogP contribution is 2.32. The van der Waals surface area contributed by atoms with Crippen LogP contribution in [0, 0.1) is 11.3 Å². The molecule has 0 saturated carbocycles. The van der Waals surface area contributed by atoms with Gasteiger partial charge in [0.25, 0.3) is 5.91 Å². The first kappa shape index (κ1) is 14.7. The molecule has 1 aromatic heterocycles. The molecule has 1 N–H and O–H groups in total. The van der Waals surface area contributed by atoms with Crippen molar-refractivity contribution in [2.45, 2.75) is 6.54 Å². The number of ether oxygens (including phenoxy) is 2. The standard InChI is InChI=1S/C17H15N3O3/c1-20-6-2-3-14(20)8-13(9-18)17(21)19-10-12-4-5-15-16(7-12)23-11-22-15/h2-8H,10-11H2,1H3,(H,19,21). The Morgan fingerprint density at radius 3 is 2.96 bits per heavy atom. The Hall–Kier alpha value is -3.20. The van der Waals surface area contributed by atoms with Crippen molar-refractivity contribution in [3.63, 3.8) is 0 Å². The molecule has 2 heterocycles. The van der Waals surface area contributed by atoms with E-state index < -0.39 is 5.91 Å². The van der Waals surface area contributed by atoms with E-state index in [0.717, 1.165) is 11.3 Å². The number of carbonyl (C=O) groups excluding carboxylic acids is 1. The van der Waals surface area contributed by atoms with E-state index in [1.54, 1.807) is 12.1 Å². The van der Waals surface area contributed by atoms with E-state index in [9.17, 15) is 10.1 Å². The van der Waals surface area contributed by atoms with Gasteiger partial charge in [0.1, 0.15) is 11.6 Å². The van der Waals surface area contributed by atoms with Crippen LogP contribution in [0.15, 0.2) is 42.1 Å². The molecular weight excluding hydrogens is 294 g/mol. The summed E-state index contributed by atoms with van der Waals surface area (Å²) in [6.45, 7) is 0.519. The number of nitrogens with zero attached hydrogens (tertiary/aromatic N) is 2. The van der Waals surface area contributed by atoms with Gasteiger partial charge in [0.15, 0.2) is 11.5 Å². The first-order valence-electron chi connectivity index (χ1n) is 7.07. The lowest BCUT2D eigenvalue weighted by Crippen LogP contribution is -2.24. The molecule has 1 aliphatic rings. The third kappa shape index (κ3) is 3.19. The number of hydrogen-bond donors (Lipinski definition) is 1. The van der Waals surface area contributed by atoms with Gasteiger partial charge < -0.3 is 19.4 Å². The molecule has 0 fully saturated rings. The summed E-state index contributed by atoms with van der Waals surface area (Å²) in [6, 6.07) is 11.1. The molecule has 0 atom stereocenters. The maximum absolute atomic E-state index is 12.2. The monoisotopic (exact) mass is 309 g/mol. The van der Waals surface area contributed by atoms with Crippen molar-refractivity contribution in [3.8, 4) is 17.6 Å². The van der Waals surface area contributed by atoms with Gasteiger partial charge in [0.05, 0.1) is 0 Å². The number of rotatable bonds is 4. The second kappa shape index (κ2) is 6.28. The van der Waals surface area contributed by atoms with Gasteiger partial charge >= 0.3 is 0 Å². The number of aromatic nitrogens is 1. The number of aryl methyl sites for hydroxylation is 1. The van der Waals surface area contributed by atoms with Crippen LogP contribution in [0.3, 0.4) is 0 Å². The Balaban J connectivity index is 1.68. The Kier molecular flexibility index (Phi) is 4.02. The predicted molar refractivity (Wildman–Crippen MR) is 83.4 cm³/mol. The van der Waals surface area contributed by atoms with Crippen molar-refractivity contribution >= 4 is 12.0 Å². The van der Waals surface area contributed by atoms with Gasteiger partial charge in [0.2, 0.25) is 6.79 Å². The third-order valence-electron chi connectivity index (χ3n) is 3.53. The minimum Gasteiger partial charge on any atom is -0.454 e. The number of fused-ring (bicyclic) bond motifs is 1. The first-order valence-corrected chi connectivity index (χ1v) is 7.07. The largest absolute Gasteiger partial charge is 0.454 e. The molecule has 1 aromatic carbocycles. The van der Waals surface area contributed by atoms with Crippen LogP contribution in [0.25, 0.3) is 6.08 Å². The van der Waals surface area contributed by atoms with Crippen molar-refractivity contribution in [1.29, 1.82) is 5.26 Å². The summed E-state index contributed by atoms with van der Waals surface area (Å²) < 4.78 is 12.4. The lowest BCUT2D eigenvalue weighted by molar-refractivity contribution is -0.117. The van der Waals surface area contributed by atoms with Crippen LogP contribution in [0.2, 0.25) is 0 Å². The number of hydrogen-bond acceptors (Lipinski definition) is 4. The SMILES string of the molecule is Cn1cccc1C=C(C#N)C(=O)NCc1ccc2c(c1)OCO2. The molecule has 0 saturated heterocycles. The zero-order chi connectivity index (χ0) is 16.2. The Bertz CT molecular complexity index is 815. The van der Waals surface area contributed by atoms with E-state index in [1.165, 1.54) is 0 Å². The minimum absolute atomic E-state index is 0.0625. The Labute approximate surface area is 133 Å². The molecule has 6 nitrogen and oxygen atoms in total. The molecule has 0 radical (unpaired) electrons. The fraction of sp³-hybridized carbons (Fsp3) is 0.176. The van der Waals surface area contributed by atoms with Gasteiger partial charge in [-0.25, -0.2) is 0 Å². The van der Waals surface area contributed by atoms with Crippen LogP contribution < -0.4 is 14.8 Å². The van der Waals surface area contributed by atoms with Gasteiger partial charge in [-0.3, -0.25) is 4.79 Å². The van der Waals surface area contributed by atoms with Crippen molar-refractivity contribution in [1.82, 2.24) is 9.88 Å². The molecule has 0 bridgehead atoms. The molecule has 116 valence electrons. The highest BCUT2D eigenvalue weighted by molar-refractivity contribution is 6.01.